The smallest absolute Gasteiger partial charge is 0.0538 e. The van der Waals surface area contributed by atoms with Crippen molar-refractivity contribution in [1.29, 1.82) is 0 Å². The van der Waals surface area contributed by atoms with Crippen molar-refractivity contribution in [3.05, 3.63) is 18.0 Å². The predicted molar refractivity (Wildman–Crippen MR) is 87.1 cm³/mol. The van der Waals surface area contributed by atoms with Crippen LogP contribution in [-0.4, -0.2) is 38.3 Å². The standard InChI is InChI=1S/C14H25N3S2/c1-4-6-17-10-12(9-16-17)13(15-5-2)14-11(3)18-7-8-19-14/h9-11,13-15H,4-8H2,1-3H3. The first kappa shape index (κ1) is 15.3. The van der Waals surface area contributed by atoms with Crippen LogP contribution in [0.1, 0.15) is 38.8 Å². The van der Waals surface area contributed by atoms with Crippen molar-refractivity contribution in [3.8, 4) is 0 Å². The van der Waals surface area contributed by atoms with Gasteiger partial charge in [0.1, 0.15) is 0 Å². The predicted octanol–water partition coefficient (Wildman–Crippen LogP) is 3.18. The zero-order valence-corrected chi connectivity index (χ0v) is 13.8. The lowest BCUT2D eigenvalue weighted by molar-refractivity contribution is 0.524. The Bertz CT molecular complexity index is 381. The zero-order chi connectivity index (χ0) is 13.7. The maximum atomic E-state index is 4.49. The number of nitrogens with one attached hydrogen (secondary N) is 1. The third kappa shape index (κ3) is 3.92. The number of nitrogens with zero attached hydrogens (tertiary/aromatic N) is 2. The molecule has 0 bridgehead atoms. The molecule has 108 valence electrons. The minimum Gasteiger partial charge on any atom is -0.309 e. The van der Waals surface area contributed by atoms with E-state index in [0.717, 1.165) is 19.5 Å². The molecule has 0 aliphatic carbocycles. The van der Waals surface area contributed by atoms with Gasteiger partial charge < -0.3 is 5.32 Å². The van der Waals surface area contributed by atoms with Gasteiger partial charge in [-0.3, -0.25) is 4.68 Å². The highest BCUT2D eigenvalue weighted by Gasteiger charge is 2.31. The topological polar surface area (TPSA) is 29.9 Å². The van der Waals surface area contributed by atoms with E-state index in [4.69, 9.17) is 0 Å². The van der Waals surface area contributed by atoms with E-state index in [2.05, 4.69) is 71.8 Å². The fraction of sp³-hybridized carbons (Fsp3) is 0.786. The number of thioether (sulfide) groups is 2. The molecule has 1 saturated heterocycles. The minimum atomic E-state index is 0.434. The summed E-state index contributed by atoms with van der Waals surface area (Å²) in [4.78, 5) is 0. The fourth-order valence-electron chi connectivity index (χ4n) is 2.55. The van der Waals surface area contributed by atoms with Gasteiger partial charge in [-0.25, -0.2) is 0 Å². The first-order chi connectivity index (χ1) is 9.26. The van der Waals surface area contributed by atoms with Gasteiger partial charge >= 0.3 is 0 Å². The molecule has 3 atom stereocenters. The Morgan fingerprint density at radius 1 is 1.42 bits per heavy atom. The summed E-state index contributed by atoms with van der Waals surface area (Å²) in [5, 5.41) is 9.51. The van der Waals surface area contributed by atoms with Crippen LogP contribution in [0, 0.1) is 0 Å². The second-order valence-electron chi connectivity index (χ2n) is 4.98. The summed E-state index contributed by atoms with van der Waals surface area (Å²) in [7, 11) is 0. The molecule has 0 saturated carbocycles. The van der Waals surface area contributed by atoms with Crippen LogP contribution in [-0.2, 0) is 6.54 Å². The average Bonchev–Trinajstić information content (AvgIpc) is 2.86. The summed E-state index contributed by atoms with van der Waals surface area (Å²) in [6, 6.07) is 0.434. The monoisotopic (exact) mass is 299 g/mol. The molecule has 0 amide bonds. The molecule has 1 aromatic heterocycles. The molecule has 1 aliphatic rings. The highest BCUT2D eigenvalue weighted by molar-refractivity contribution is 8.07. The molecule has 2 heterocycles. The van der Waals surface area contributed by atoms with Crippen molar-refractivity contribution in [3.63, 3.8) is 0 Å². The Labute approximate surface area is 125 Å². The van der Waals surface area contributed by atoms with Crippen molar-refractivity contribution in [2.24, 2.45) is 0 Å². The summed E-state index contributed by atoms with van der Waals surface area (Å²) in [5.41, 5.74) is 1.35. The van der Waals surface area contributed by atoms with Crippen LogP contribution in [0.15, 0.2) is 12.4 Å². The highest BCUT2D eigenvalue weighted by Crippen LogP contribution is 2.38. The molecular weight excluding hydrogens is 274 g/mol. The minimum absolute atomic E-state index is 0.434. The Morgan fingerprint density at radius 3 is 2.89 bits per heavy atom. The summed E-state index contributed by atoms with van der Waals surface area (Å²) in [5.74, 6) is 2.56. The Hall–Kier alpha value is -0.130. The second-order valence-corrected chi connectivity index (χ2v) is 7.75. The largest absolute Gasteiger partial charge is 0.309 e. The lowest BCUT2D eigenvalue weighted by Gasteiger charge is -2.34. The van der Waals surface area contributed by atoms with Crippen LogP contribution < -0.4 is 5.32 Å². The third-order valence-corrected chi connectivity index (χ3v) is 6.65. The molecule has 3 nitrogen and oxygen atoms in total. The Balaban J connectivity index is 2.13. The van der Waals surface area contributed by atoms with Gasteiger partial charge in [-0.1, -0.05) is 20.8 Å². The molecule has 1 aliphatic heterocycles. The van der Waals surface area contributed by atoms with Gasteiger partial charge in [0, 0.05) is 46.4 Å². The van der Waals surface area contributed by atoms with Gasteiger partial charge in [0.05, 0.1) is 6.20 Å². The van der Waals surface area contributed by atoms with E-state index in [-0.39, 0.29) is 0 Å². The van der Waals surface area contributed by atoms with Crippen LogP contribution >= 0.6 is 23.5 Å². The molecule has 19 heavy (non-hydrogen) atoms. The molecule has 1 fully saturated rings. The lowest BCUT2D eigenvalue weighted by Crippen LogP contribution is -2.37. The average molecular weight is 300 g/mol. The first-order valence-corrected chi connectivity index (χ1v) is 9.35. The maximum Gasteiger partial charge on any atom is 0.0538 e. The molecule has 3 unspecified atom stereocenters. The van der Waals surface area contributed by atoms with Gasteiger partial charge in [0.2, 0.25) is 0 Å². The number of hydrogen-bond donors (Lipinski definition) is 1. The molecule has 2 rings (SSSR count). The highest BCUT2D eigenvalue weighted by atomic mass is 32.2. The van der Waals surface area contributed by atoms with Gasteiger partial charge in [-0.2, -0.15) is 28.6 Å². The molecule has 1 N–H and O–H groups in total. The van der Waals surface area contributed by atoms with E-state index in [0.29, 0.717) is 16.5 Å². The first-order valence-electron chi connectivity index (χ1n) is 7.25. The van der Waals surface area contributed by atoms with Crippen molar-refractivity contribution < 1.29 is 0 Å². The number of aryl methyl sites for hydroxylation is 1. The van der Waals surface area contributed by atoms with Crippen LogP contribution in [0.5, 0.6) is 0 Å². The molecule has 0 aromatic carbocycles. The van der Waals surface area contributed by atoms with Gasteiger partial charge in [-0.15, -0.1) is 0 Å². The van der Waals surface area contributed by atoms with Gasteiger partial charge in [0.25, 0.3) is 0 Å². The summed E-state index contributed by atoms with van der Waals surface area (Å²) in [6.45, 7) is 8.77. The summed E-state index contributed by atoms with van der Waals surface area (Å²) in [6.07, 6.45) is 5.41. The van der Waals surface area contributed by atoms with Crippen molar-refractivity contribution >= 4 is 23.5 Å². The van der Waals surface area contributed by atoms with Crippen LogP contribution in [0.4, 0.5) is 0 Å². The van der Waals surface area contributed by atoms with E-state index in [9.17, 15) is 0 Å². The normalized spacial score (nSPS) is 25.4. The van der Waals surface area contributed by atoms with Crippen molar-refractivity contribution in [2.75, 3.05) is 18.1 Å². The molecule has 5 heteroatoms. The quantitative estimate of drug-likeness (QED) is 0.874. The number of rotatable bonds is 6. The number of hydrogen-bond acceptors (Lipinski definition) is 4. The van der Waals surface area contributed by atoms with Crippen molar-refractivity contribution in [2.45, 2.75) is 50.3 Å². The maximum absolute atomic E-state index is 4.49. The summed E-state index contributed by atoms with van der Waals surface area (Å²) < 4.78 is 2.07. The second kappa shape index (κ2) is 7.60. The molecule has 1 aromatic rings. The lowest BCUT2D eigenvalue weighted by atomic mass is 10.1. The van der Waals surface area contributed by atoms with Crippen LogP contribution in [0.2, 0.25) is 0 Å². The summed E-state index contributed by atoms with van der Waals surface area (Å²) >= 11 is 4.22. The van der Waals surface area contributed by atoms with Crippen LogP contribution in [0.3, 0.4) is 0 Å². The number of aromatic nitrogens is 2. The molecule has 0 radical (unpaired) electrons. The van der Waals surface area contributed by atoms with E-state index in [1.54, 1.807) is 0 Å². The SMILES string of the molecule is CCCn1cc(C(NCC)C2SCCSC2C)cn1. The van der Waals surface area contributed by atoms with Gasteiger partial charge in [-0.05, 0) is 13.0 Å². The van der Waals surface area contributed by atoms with E-state index in [1.807, 2.05) is 0 Å². The zero-order valence-electron chi connectivity index (χ0n) is 12.1. The Kier molecular flexibility index (Phi) is 6.10. The van der Waals surface area contributed by atoms with E-state index >= 15 is 0 Å². The fourth-order valence-corrected chi connectivity index (χ4v) is 5.50. The van der Waals surface area contributed by atoms with E-state index < -0.39 is 0 Å². The third-order valence-electron chi connectivity index (χ3n) is 3.45. The van der Waals surface area contributed by atoms with Crippen molar-refractivity contribution in [1.82, 2.24) is 15.1 Å². The Morgan fingerprint density at radius 2 is 2.21 bits per heavy atom. The van der Waals surface area contributed by atoms with E-state index in [1.165, 1.54) is 17.1 Å². The molecule has 0 spiro atoms. The van der Waals surface area contributed by atoms with Crippen LogP contribution in [0.25, 0.3) is 0 Å². The molecular formula is C14H25N3S2. The van der Waals surface area contributed by atoms with Gasteiger partial charge in [0.15, 0.2) is 0 Å².